The number of carbonyl (C=O) groups excluding carboxylic acids is 1. The highest BCUT2D eigenvalue weighted by Gasteiger charge is 2.36. The number of nitrogens with two attached hydrogens (primary N) is 1. The van der Waals surface area contributed by atoms with Crippen molar-refractivity contribution >= 4 is 11.8 Å². The monoisotopic (exact) mass is 302 g/mol. The molecule has 0 aromatic heterocycles. The Balaban J connectivity index is 2.35. The minimum atomic E-state index is -0.312. The van der Waals surface area contributed by atoms with Crippen LogP contribution in [0, 0.1) is 5.41 Å². The molecular formula is C18H26N2O2. The Morgan fingerprint density at radius 1 is 1.36 bits per heavy atom. The third kappa shape index (κ3) is 3.62. The molecule has 1 aromatic carbocycles. The van der Waals surface area contributed by atoms with Gasteiger partial charge in [-0.15, -0.1) is 0 Å². The molecule has 0 saturated carbocycles. The second-order valence-electron chi connectivity index (χ2n) is 7.13. The molecular weight excluding hydrogens is 276 g/mol. The van der Waals surface area contributed by atoms with Crippen molar-refractivity contribution in [2.45, 2.75) is 46.6 Å². The van der Waals surface area contributed by atoms with Crippen molar-refractivity contribution in [2.24, 2.45) is 5.41 Å². The lowest BCUT2D eigenvalue weighted by Crippen LogP contribution is -2.48. The molecule has 4 heteroatoms. The van der Waals surface area contributed by atoms with E-state index in [4.69, 9.17) is 10.5 Å². The molecule has 1 aromatic rings. The lowest BCUT2D eigenvalue weighted by molar-refractivity contribution is 0.0757. The molecule has 1 aliphatic heterocycles. The van der Waals surface area contributed by atoms with Gasteiger partial charge < -0.3 is 15.4 Å². The molecule has 0 bridgehead atoms. The zero-order valence-corrected chi connectivity index (χ0v) is 14.0. The number of amides is 1. The van der Waals surface area contributed by atoms with Gasteiger partial charge >= 0.3 is 6.09 Å². The van der Waals surface area contributed by atoms with Crippen LogP contribution in [0.4, 0.5) is 10.5 Å². The quantitative estimate of drug-likeness (QED) is 0.635. The molecule has 0 radical (unpaired) electrons. The van der Waals surface area contributed by atoms with Gasteiger partial charge in [-0.1, -0.05) is 33.4 Å². The number of anilines is 1. The van der Waals surface area contributed by atoms with E-state index in [2.05, 4.69) is 33.4 Å². The summed E-state index contributed by atoms with van der Waals surface area (Å²) in [5.41, 5.74) is 9.11. The number of nitrogen functional groups attached to an aromatic ring is 1. The van der Waals surface area contributed by atoms with Crippen molar-refractivity contribution in [3.05, 3.63) is 41.7 Å². The van der Waals surface area contributed by atoms with E-state index < -0.39 is 0 Å². The molecule has 0 aliphatic carbocycles. The molecule has 1 amide bonds. The first-order valence-corrected chi connectivity index (χ1v) is 7.69. The predicted octanol–water partition coefficient (Wildman–Crippen LogP) is 3.75. The summed E-state index contributed by atoms with van der Waals surface area (Å²) in [7, 11) is 0. The van der Waals surface area contributed by atoms with Crippen LogP contribution in [0.5, 0.6) is 0 Å². The zero-order valence-electron chi connectivity index (χ0n) is 14.0. The fourth-order valence-electron chi connectivity index (χ4n) is 2.99. The van der Waals surface area contributed by atoms with E-state index in [0.29, 0.717) is 12.3 Å². The van der Waals surface area contributed by atoms with Gasteiger partial charge in [0, 0.05) is 18.3 Å². The first-order valence-electron chi connectivity index (χ1n) is 7.69. The first kappa shape index (κ1) is 16.4. The number of carbonyl (C=O) groups is 1. The summed E-state index contributed by atoms with van der Waals surface area (Å²) < 4.78 is 5.26. The topological polar surface area (TPSA) is 55.6 Å². The summed E-state index contributed by atoms with van der Waals surface area (Å²) in [6.45, 7) is 12.4. The first-order chi connectivity index (χ1) is 10.2. The standard InChI is InChI=1S/C18H26N2O2/c1-12(2)22-17(21)20-9-8-14-10-15(19)7-6-13(14)11-16(20)18(3,4)5/h6-7,10,16H,1,8-9,11,19H2,2-5H3. The van der Waals surface area contributed by atoms with Gasteiger partial charge in [-0.05, 0) is 48.4 Å². The molecule has 0 fully saturated rings. The summed E-state index contributed by atoms with van der Waals surface area (Å²) in [4.78, 5) is 14.3. The molecule has 2 rings (SSSR count). The van der Waals surface area contributed by atoms with Crippen LogP contribution in [0.3, 0.4) is 0 Å². The normalized spacial score (nSPS) is 18.4. The highest BCUT2D eigenvalue weighted by molar-refractivity contribution is 5.69. The molecule has 120 valence electrons. The Labute approximate surface area is 132 Å². The fraction of sp³-hybridized carbons (Fsp3) is 0.500. The molecule has 4 nitrogen and oxygen atoms in total. The number of nitrogens with zero attached hydrogens (tertiary/aromatic N) is 1. The van der Waals surface area contributed by atoms with Crippen molar-refractivity contribution in [2.75, 3.05) is 12.3 Å². The van der Waals surface area contributed by atoms with Crippen molar-refractivity contribution in [3.8, 4) is 0 Å². The highest BCUT2D eigenvalue weighted by Crippen LogP contribution is 2.32. The Kier molecular flexibility index (Phi) is 4.50. The van der Waals surface area contributed by atoms with Crippen LogP contribution in [0.25, 0.3) is 0 Å². The number of hydrogen-bond acceptors (Lipinski definition) is 3. The summed E-state index contributed by atoms with van der Waals surface area (Å²) in [5.74, 6) is 0.420. The number of ether oxygens (including phenoxy) is 1. The molecule has 0 saturated heterocycles. The molecule has 1 atom stereocenters. The molecule has 0 spiro atoms. The van der Waals surface area contributed by atoms with Gasteiger partial charge in [0.15, 0.2) is 0 Å². The van der Waals surface area contributed by atoms with Gasteiger partial charge in [0.05, 0.1) is 5.76 Å². The Morgan fingerprint density at radius 3 is 2.64 bits per heavy atom. The maximum Gasteiger partial charge on any atom is 0.415 e. The van der Waals surface area contributed by atoms with Gasteiger partial charge in [0.1, 0.15) is 0 Å². The molecule has 1 aliphatic rings. The largest absolute Gasteiger partial charge is 0.416 e. The second kappa shape index (κ2) is 6.03. The van der Waals surface area contributed by atoms with E-state index in [1.165, 1.54) is 11.1 Å². The minimum absolute atomic E-state index is 0.0446. The van der Waals surface area contributed by atoms with Gasteiger partial charge in [0.2, 0.25) is 0 Å². The van der Waals surface area contributed by atoms with Gasteiger partial charge in [-0.25, -0.2) is 4.79 Å². The number of benzene rings is 1. The van der Waals surface area contributed by atoms with Gasteiger partial charge in [0.25, 0.3) is 0 Å². The van der Waals surface area contributed by atoms with Crippen molar-refractivity contribution < 1.29 is 9.53 Å². The van der Waals surface area contributed by atoms with Gasteiger partial charge in [-0.3, -0.25) is 0 Å². The fourth-order valence-corrected chi connectivity index (χ4v) is 2.99. The summed E-state index contributed by atoms with van der Waals surface area (Å²) in [6, 6.07) is 6.10. The minimum Gasteiger partial charge on any atom is -0.416 e. The number of fused-ring (bicyclic) bond motifs is 1. The Bertz CT molecular complexity index is 587. The van der Waals surface area contributed by atoms with Crippen LogP contribution in [0.1, 0.15) is 38.8 Å². The van der Waals surface area contributed by atoms with Crippen LogP contribution in [-0.4, -0.2) is 23.6 Å². The van der Waals surface area contributed by atoms with Gasteiger partial charge in [-0.2, -0.15) is 0 Å². The zero-order chi connectivity index (χ0) is 16.5. The van der Waals surface area contributed by atoms with Crippen molar-refractivity contribution in [1.29, 1.82) is 0 Å². The maximum absolute atomic E-state index is 12.5. The van der Waals surface area contributed by atoms with E-state index in [1.54, 1.807) is 6.92 Å². The van der Waals surface area contributed by atoms with Crippen molar-refractivity contribution in [3.63, 3.8) is 0 Å². The van der Waals surface area contributed by atoms with Crippen LogP contribution >= 0.6 is 0 Å². The predicted molar refractivity (Wildman–Crippen MR) is 89.5 cm³/mol. The SMILES string of the molecule is C=C(C)OC(=O)N1CCc2cc(N)ccc2CC1C(C)(C)C. The number of rotatable bonds is 1. The molecule has 1 unspecified atom stereocenters. The van der Waals surface area contributed by atoms with E-state index in [0.717, 1.165) is 18.5 Å². The number of hydrogen-bond donors (Lipinski definition) is 1. The second-order valence-corrected chi connectivity index (χ2v) is 7.13. The Hall–Kier alpha value is -1.97. The van der Waals surface area contributed by atoms with Crippen LogP contribution in [-0.2, 0) is 17.6 Å². The van der Waals surface area contributed by atoms with E-state index in [9.17, 15) is 4.79 Å². The number of allylic oxidation sites excluding steroid dienone is 1. The van der Waals surface area contributed by atoms with E-state index >= 15 is 0 Å². The average Bonchev–Trinajstić information content (AvgIpc) is 2.56. The molecule has 2 N–H and O–H groups in total. The Morgan fingerprint density at radius 2 is 2.05 bits per heavy atom. The average molecular weight is 302 g/mol. The van der Waals surface area contributed by atoms with E-state index in [1.807, 2.05) is 17.0 Å². The summed E-state index contributed by atoms with van der Waals surface area (Å²) >= 11 is 0. The summed E-state index contributed by atoms with van der Waals surface area (Å²) in [6.07, 6.45) is 1.29. The third-order valence-electron chi connectivity index (χ3n) is 4.14. The highest BCUT2D eigenvalue weighted by atomic mass is 16.6. The third-order valence-corrected chi connectivity index (χ3v) is 4.14. The smallest absolute Gasteiger partial charge is 0.415 e. The summed E-state index contributed by atoms with van der Waals surface area (Å²) in [5, 5.41) is 0. The van der Waals surface area contributed by atoms with Crippen LogP contribution < -0.4 is 5.73 Å². The van der Waals surface area contributed by atoms with Crippen molar-refractivity contribution in [1.82, 2.24) is 4.90 Å². The lowest BCUT2D eigenvalue weighted by atomic mass is 9.82. The maximum atomic E-state index is 12.5. The lowest BCUT2D eigenvalue weighted by Gasteiger charge is -2.38. The van der Waals surface area contributed by atoms with Crippen LogP contribution in [0.2, 0.25) is 0 Å². The molecule has 1 heterocycles. The molecule has 22 heavy (non-hydrogen) atoms. The van der Waals surface area contributed by atoms with E-state index in [-0.39, 0.29) is 17.6 Å². The van der Waals surface area contributed by atoms with Crippen LogP contribution in [0.15, 0.2) is 30.5 Å².